The van der Waals surface area contributed by atoms with Gasteiger partial charge in [-0.15, -0.1) is 16.4 Å². The van der Waals surface area contributed by atoms with Gasteiger partial charge in [0.15, 0.2) is 17.7 Å². The Morgan fingerprint density at radius 1 is 1.10 bits per heavy atom. The Hall–Kier alpha value is -3.13. The highest BCUT2D eigenvalue weighted by atomic mass is 32.1. The highest BCUT2D eigenvalue weighted by Crippen LogP contribution is 2.42. The van der Waals surface area contributed by atoms with Gasteiger partial charge in [-0.05, 0) is 93.8 Å². The smallest absolute Gasteiger partial charge is 0.410 e. The third-order valence-corrected chi connectivity index (χ3v) is 13.6. The highest BCUT2D eigenvalue weighted by Gasteiger charge is 2.61. The van der Waals surface area contributed by atoms with Crippen LogP contribution < -0.4 is 0 Å². The number of hydrogen-bond acceptors (Lipinski definition) is 15. The Balaban J connectivity index is 1.44. The number of unbranched alkanes of at least 4 members (excludes halogenated alkanes) is 1. The van der Waals surface area contributed by atoms with E-state index in [9.17, 15) is 19.5 Å². The van der Waals surface area contributed by atoms with Crippen molar-refractivity contribution in [2.75, 3.05) is 41.3 Å². The normalized spacial score (nSPS) is 38.2. The minimum Gasteiger partial charge on any atom is -0.455 e. The van der Waals surface area contributed by atoms with E-state index >= 15 is 4.39 Å². The molecule has 0 radical (unpaired) electrons. The first-order chi connectivity index (χ1) is 27.7. The molecule has 3 unspecified atom stereocenters. The molecular weight excluding hydrogens is 786 g/mol. The van der Waals surface area contributed by atoms with Crippen LogP contribution in [0.15, 0.2) is 17.8 Å². The number of Topliss-reactive ketones (excluding diaryl/α,β-unsaturated/α-hetero) is 1. The van der Waals surface area contributed by atoms with E-state index in [-0.39, 0.29) is 30.5 Å². The van der Waals surface area contributed by atoms with Gasteiger partial charge in [-0.3, -0.25) is 14.4 Å². The monoisotopic (exact) mass is 851 g/mol. The van der Waals surface area contributed by atoms with Crippen LogP contribution in [-0.4, -0.2) is 165 Å². The maximum absolute atomic E-state index is 17.0. The number of esters is 1. The van der Waals surface area contributed by atoms with Gasteiger partial charge in [0.2, 0.25) is 0 Å². The van der Waals surface area contributed by atoms with Crippen LogP contribution in [0.1, 0.15) is 87.5 Å². The minimum atomic E-state index is -3.13. The Morgan fingerprint density at radius 3 is 2.42 bits per heavy atom. The van der Waals surface area contributed by atoms with Crippen LogP contribution in [0.4, 0.5) is 9.18 Å². The van der Waals surface area contributed by atoms with Crippen molar-refractivity contribution >= 4 is 29.2 Å². The molecule has 0 spiro atoms. The van der Waals surface area contributed by atoms with Gasteiger partial charge in [0.25, 0.3) is 5.67 Å². The summed E-state index contributed by atoms with van der Waals surface area (Å²) in [5.41, 5.74) is -5.06. The zero-order valence-corrected chi connectivity index (χ0v) is 37.6. The Labute approximate surface area is 352 Å². The van der Waals surface area contributed by atoms with Gasteiger partial charge >= 0.3 is 12.1 Å². The molecule has 332 valence electrons. The average molecular weight is 852 g/mol. The number of rotatable bonds is 11. The number of fused-ring (bicyclic) bond motifs is 1. The number of aryl methyl sites for hydroxylation is 1. The van der Waals surface area contributed by atoms with E-state index in [1.54, 1.807) is 36.5 Å². The second kappa shape index (κ2) is 18.9. The molecule has 1 N–H and O–H groups in total. The van der Waals surface area contributed by atoms with Crippen LogP contribution in [0, 0.1) is 11.8 Å². The molecule has 18 heteroatoms. The third-order valence-electron chi connectivity index (χ3n) is 12.8. The van der Waals surface area contributed by atoms with Gasteiger partial charge in [0.1, 0.15) is 22.9 Å². The van der Waals surface area contributed by atoms with Gasteiger partial charge in [-0.25, -0.2) is 19.0 Å². The van der Waals surface area contributed by atoms with E-state index in [1.165, 1.54) is 25.4 Å². The summed E-state index contributed by atoms with van der Waals surface area (Å²) in [4.78, 5) is 52.2. The number of aliphatic hydroxyl groups excluding tert-OH is 1. The highest BCUT2D eigenvalue weighted by molar-refractivity contribution is 7.13. The SMILES string of the molecule is CC[C@H]1OC(=O)[C@](C)(F)C(=O)[C@@H](C)[C@@H](O[C@@H]2OC(C)CC(N(C)C)C2O)[C@](C)(OC)C[C@@H](C)CN(C)[C@H](C)[C@H]2N(CCCCn3cc(-c4nccs4)nn3)C(=O)O[C@]12C. The number of carbonyl (C=O) groups is 3. The third kappa shape index (κ3) is 9.84. The predicted octanol–water partition coefficient (Wildman–Crippen LogP) is 4.59. The number of aromatic nitrogens is 4. The second-order valence-electron chi connectivity index (χ2n) is 17.7. The summed E-state index contributed by atoms with van der Waals surface area (Å²) in [6, 6.07) is -1.27. The lowest BCUT2D eigenvalue weighted by atomic mass is 9.77. The molecule has 2 aromatic rings. The van der Waals surface area contributed by atoms with E-state index in [2.05, 4.69) is 27.1 Å². The molecule has 0 saturated carbocycles. The number of alkyl halides is 1. The number of nitrogens with zero attached hydrogens (tertiary/aromatic N) is 7. The van der Waals surface area contributed by atoms with Crippen molar-refractivity contribution in [1.29, 1.82) is 0 Å². The van der Waals surface area contributed by atoms with E-state index in [4.69, 9.17) is 23.7 Å². The van der Waals surface area contributed by atoms with Crippen molar-refractivity contribution in [1.82, 2.24) is 34.7 Å². The number of ether oxygens (including phenoxy) is 5. The molecule has 13 atom stereocenters. The maximum atomic E-state index is 17.0. The zero-order chi connectivity index (χ0) is 43.6. The predicted molar refractivity (Wildman–Crippen MR) is 218 cm³/mol. The molecule has 16 nitrogen and oxygen atoms in total. The zero-order valence-electron chi connectivity index (χ0n) is 36.8. The van der Waals surface area contributed by atoms with Crippen LogP contribution in [0.2, 0.25) is 0 Å². The van der Waals surface area contributed by atoms with Crippen molar-refractivity contribution in [3.05, 3.63) is 17.8 Å². The van der Waals surface area contributed by atoms with Gasteiger partial charge in [-0.2, -0.15) is 0 Å². The molecule has 1 amide bonds. The molecule has 5 rings (SSSR count). The van der Waals surface area contributed by atoms with Gasteiger partial charge < -0.3 is 38.6 Å². The lowest BCUT2D eigenvalue weighted by Crippen LogP contribution is -2.61. The summed E-state index contributed by atoms with van der Waals surface area (Å²) in [5, 5.41) is 22.6. The van der Waals surface area contributed by atoms with E-state index in [0.717, 1.165) is 11.9 Å². The van der Waals surface area contributed by atoms with Crippen LogP contribution >= 0.6 is 11.3 Å². The molecule has 0 aromatic carbocycles. The fraction of sp³-hybridized carbons (Fsp3) is 0.805. The Morgan fingerprint density at radius 2 is 1.80 bits per heavy atom. The molecule has 3 aliphatic rings. The van der Waals surface area contributed by atoms with Crippen molar-refractivity contribution in [3.63, 3.8) is 0 Å². The number of cyclic esters (lactones) is 1. The average Bonchev–Trinajstić information content (AvgIpc) is 3.94. The summed E-state index contributed by atoms with van der Waals surface area (Å²) in [7, 11) is 7.19. The first kappa shape index (κ1) is 46.9. The van der Waals surface area contributed by atoms with E-state index in [0.29, 0.717) is 51.0 Å². The van der Waals surface area contributed by atoms with Crippen LogP contribution in [0.25, 0.3) is 10.7 Å². The largest absolute Gasteiger partial charge is 0.455 e. The van der Waals surface area contributed by atoms with Crippen LogP contribution in [-0.2, 0) is 39.8 Å². The quantitative estimate of drug-likeness (QED) is 0.189. The number of thiazole rings is 1. The first-order valence-electron chi connectivity index (χ1n) is 20.8. The number of aliphatic hydroxyl groups is 1. The Bertz CT molecular complexity index is 1730. The summed E-state index contributed by atoms with van der Waals surface area (Å²) < 4.78 is 49.8. The minimum absolute atomic E-state index is 0.0946. The van der Waals surface area contributed by atoms with Crippen LogP contribution in [0.5, 0.6) is 0 Å². The number of halogens is 1. The van der Waals surface area contributed by atoms with Crippen molar-refractivity contribution in [2.24, 2.45) is 11.8 Å². The standard InChI is InChI=1S/C41H66FN7O9S/c1-13-30-41(8)32(49(38(53)58-41)18-15-14-17-48-23-28(44-45-48)35-43-16-19-59-35)27(5)47(11)22-24(2)21-39(6,54-12)34(26(4)33(51)40(7,42)37(52)56-30)57-36-31(50)29(46(9)10)20-25(3)55-36/h16,19,23-27,29-32,34,36,50H,13-15,17-18,20-22H2,1-12H3/t24-,25?,26-,27-,29?,30-,31?,32-,34-,36+,39-,40-,41-/m1/s1. The van der Waals surface area contributed by atoms with Crippen LogP contribution in [0.3, 0.4) is 0 Å². The number of carbonyl (C=O) groups excluding carboxylic acids is 3. The number of methoxy groups -OCH3 is 1. The molecule has 3 saturated heterocycles. The molecule has 3 aliphatic heterocycles. The number of ketones is 1. The molecule has 5 heterocycles. The molecule has 2 aromatic heterocycles. The summed E-state index contributed by atoms with van der Waals surface area (Å²) in [6.07, 6.45) is 0.557. The number of amides is 1. The second-order valence-corrected chi connectivity index (χ2v) is 18.6. The fourth-order valence-electron chi connectivity index (χ4n) is 9.44. The molecule has 0 bridgehead atoms. The number of hydrogen-bond donors (Lipinski definition) is 1. The lowest BCUT2D eigenvalue weighted by Gasteiger charge is -2.47. The first-order valence-corrected chi connectivity index (χ1v) is 21.7. The van der Waals surface area contributed by atoms with Crippen molar-refractivity contribution in [3.8, 4) is 10.7 Å². The van der Waals surface area contributed by atoms with Gasteiger partial charge in [0.05, 0.1) is 30.0 Å². The van der Waals surface area contributed by atoms with E-state index < -0.39 is 71.3 Å². The van der Waals surface area contributed by atoms with E-state index in [1.807, 2.05) is 51.5 Å². The number of likely N-dealkylation sites (N-methyl/N-ethyl adjacent to an activating group) is 2. The van der Waals surface area contributed by atoms with Crippen molar-refractivity contribution in [2.45, 2.75) is 160 Å². The van der Waals surface area contributed by atoms with Crippen molar-refractivity contribution < 1.29 is 47.6 Å². The Kier molecular flexibility index (Phi) is 15.0. The molecule has 0 aliphatic carbocycles. The molecule has 3 fully saturated rings. The summed E-state index contributed by atoms with van der Waals surface area (Å²) in [5.74, 6) is -3.82. The molecular formula is C41H66FN7O9S. The maximum Gasteiger partial charge on any atom is 0.410 e. The lowest BCUT2D eigenvalue weighted by molar-refractivity contribution is -0.295. The topological polar surface area (TPSA) is 171 Å². The van der Waals surface area contributed by atoms with Gasteiger partial charge in [0, 0.05) is 56.3 Å². The van der Waals surface area contributed by atoms with Gasteiger partial charge in [-0.1, -0.05) is 26.0 Å². The summed E-state index contributed by atoms with van der Waals surface area (Å²) >= 11 is 1.48. The fourth-order valence-corrected chi connectivity index (χ4v) is 10.0. The summed E-state index contributed by atoms with van der Waals surface area (Å²) in [6.45, 7) is 15.1. The molecule has 59 heavy (non-hydrogen) atoms.